The molecule has 9 heteroatoms. The molecule has 154 valence electrons. The van der Waals surface area contributed by atoms with Gasteiger partial charge in [-0.15, -0.1) is 11.3 Å². The molecule has 0 aliphatic rings. The lowest BCUT2D eigenvalue weighted by Gasteiger charge is -2.12. The third-order valence-corrected chi connectivity index (χ3v) is 7.55. The highest BCUT2D eigenvalue weighted by molar-refractivity contribution is 7.89. The van der Waals surface area contributed by atoms with Crippen molar-refractivity contribution in [2.24, 2.45) is 0 Å². The summed E-state index contributed by atoms with van der Waals surface area (Å²) in [5, 5.41) is 9.28. The second kappa shape index (κ2) is 8.48. The molecule has 0 atom stereocenters. The number of nitrogens with one attached hydrogen (secondary N) is 1. The fourth-order valence-electron chi connectivity index (χ4n) is 3.01. The number of benzene rings is 1. The first kappa shape index (κ1) is 21.2. The van der Waals surface area contributed by atoms with Crippen molar-refractivity contribution in [1.82, 2.24) is 19.4 Å². The van der Waals surface area contributed by atoms with Gasteiger partial charge in [-0.2, -0.15) is 5.10 Å². The number of hydrogen-bond acceptors (Lipinski definition) is 5. The number of carbonyl (C=O) groups excluding carboxylic acids is 1. The summed E-state index contributed by atoms with van der Waals surface area (Å²) in [6.45, 7) is 4.38. The van der Waals surface area contributed by atoms with E-state index in [0.29, 0.717) is 30.0 Å². The van der Waals surface area contributed by atoms with E-state index in [0.717, 1.165) is 10.4 Å². The van der Waals surface area contributed by atoms with E-state index < -0.39 is 10.0 Å². The molecule has 1 aromatic carbocycles. The minimum absolute atomic E-state index is 0.129. The van der Waals surface area contributed by atoms with Crippen molar-refractivity contribution in [2.75, 3.05) is 14.1 Å². The van der Waals surface area contributed by atoms with E-state index >= 15 is 0 Å². The molecular formula is C20H24N4O3S2. The Bertz CT molecular complexity index is 1100. The highest BCUT2D eigenvalue weighted by atomic mass is 32.2. The van der Waals surface area contributed by atoms with Gasteiger partial charge in [0.1, 0.15) is 4.90 Å². The zero-order valence-electron chi connectivity index (χ0n) is 16.8. The van der Waals surface area contributed by atoms with Gasteiger partial charge >= 0.3 is 0 Å². The number of thiophene rings is 1. The van der Waals surface area contributed by atoms with Crippen LogP contribution >= 0.6 is 11.3 Å². The van der Waals surface area contributed by atoms with Crippen LogP contribution in [0.1, 0.15) is 32.2 Å². The van der Waals surface area contributed by atoms with Crippen molar-refractivity contribution >= 4 is 27.3 Å². The highest BCUT2D eigenvalue weighted by Crippen LogP contribution is 2.22. The topological polar surface area (TPSA) is 84.3 Å². The molecule has 3 rings (SSSR count). The maximum Gasteiger partial charge on any atom is 0.251 e. The fourth-order valence-corrected chi connectivity index (χ4v) is 4.91. The van der Waals surface area contributed by atoms with Gasteiger partial charge in [-0.25, -0.2) is 12.7 Å². The number of carbonyl (C=O) groups is 1. The summed E-state index contributed by atoms with van der Waals surface area (Å²) in [7, 11) is -0.539. The molecule has 0 fully saturated rings. The van der Waals surface area contributed by atoms with E-state index in [1.807, 2.05) is 29.6 Å². The van der Waals surface area contributed by atoms with Gasteiger partial charge in [-0.1, -0.05) is 18.2 Å². The number of hydrogen-bond donors (Lipinski definition) is 1. The predicted molar refractivity (Wildman–Crippen MR) is 114 cm³/mol. The van der Waals surface area contributed by atoms with Gasteiger partial charge in [0.05, 0.1) is 24.5 Å². The van der Waals surface area contributed by atoms with Crippen LogP contribution in [0.4, 0.5) is 0 Å². The molecule has 0 bridgehead atoms. The van der Waals surface area contributed by atoms with Crippen LogP contribution in [0.15, 0.2) is 46.7 Å². The van der Waals surface area contributed by atoms with Crippen LogP contribution in [0.2, 0.25) is 0 Å². The average molecular weight is 433 g/mol. The lowest BCUT2D eigenvalue weighted by Crippen LogP contribution is -2.23. The third-order valence-electron chi connectivity index (χ3n) is 4.61. The Morgan fingerprint density at radius 3 is 2.45 bits per heavy atom. The molecule has 1 amide bonds. The van der Waals surface area contributed by atoms with Gasteiger partial charge in [0, 0.05) is 24.5 Å². The van der Waals surface area contributed by atoms with E-state index in [4.69, 9.17) is 0 Å². The molecule has 0 spiro atoms. The van der Waals surface area contributed by atoms with Gasteiger partial charge < -0.3 is 5.32 Å². The Morgan fingerprint density at radius 1 is 1.17 bits per heavy atom. The summed E-state index contributed by atoms with van der Waals surface area (Å²) in [5.41, 5.74) is 2.57. The normalized spacial score (nSPS) is 11.8. The molecule has 29 heavy (non-hydrogen) atoms. The molecule has 0 saturated carbocycles. The van der Waals surface area contributed by atoms with E-state index in [1.54, 1.807) is 42.0 Å². The first-order valence-corrected chi connectivity index (χ1v) is 11.4. The smallest absolute Gasteiger partial charge is 0.251 e. The second-order valence-corrected chi connectivity index (χ2v) is 10.0. The largest absolute Gasteiger partial charge is 0.347 e. The van der Waals surface area contributed by atoms with Crippen molar-refractivity contribution in [3.8, 4) is 0 Å². The zero-order valence-corrected chi connectivity index (χ0v) is 18.5. The molecular weight excluding hydrogens is 408 g/mol. The van der Waals surface area contributed by atoms with Crippen LogP contribution in [0.25, 0.3) is 0 Å². The summed E-state index contributed by atoms with van der Waals surface area (Å²) in [6.07, 6.45) is 0. The van der Waals surface area contributed by atoms with Crippen molar-refractivity contribution in [3.05, 3.63) is 69.2 Å². The minimum atomic E-state index is -3.55. The Morgan fingerprint density at radius 2 is 1.86 bits per heavy atom. The molecule has 2 aromatic heterocycles. The van der Waals surface area contributed by atoms with Crippen molar-refractivity contribution in [3.63, 3.8) is 0 Å². The van der Waals surface area contributed by atoms with E-state index in [-0.39, 0.29) is 10.8 Å². The van der Waals surface area contributed by atoms with Crippen LogP contribution in [-0.4, -0.2) is 42.5 Å². The number of amides is 1. The first-order chi connectivity index (χ1) is 13.7. The zero-order chi connectivity index (χ0) is 21.2. The third kappa shape index (κ3) is 4.58. The number of nitrogens with zero attached hydrogens (tertiary/aromatic N) is 3. The van der Waals surface area contributed by atoms with E-state index in [2.05, 4.69) is 10.4 Å². The molecule has 7 nitrogen and oxygen atoms in total. The average Bonchev–Trinajstić information content (AvgIpc) is 3.28. The molecule has 0 radical (unpaired) electrons. The van der Waals surface area contributed by atoms with Gasteiger partial charge in [0.15, 0.2) is 0 Å². The lowest BCUT2D eigenvalue weighted by molar-refractivity contribution is 0.0951. The SMILES string of the molecule is Cc1nn(Cc2ccc(C(=O)NCc3cccs3)cc2)c(C)c1S(=O)(=O)N(C)C. The van der Waals surface area contributed by atoms with Gasteiger partial charge in [-0.3, -0.25) is 9.48 Å². The van der Waals surface area contributed by atoms with Crippen LogP contribution in [0.3, 0.4) is 0 Å². The highest BCUT2D eigenvalue weighted by Gasteiger charge is 2.26. The van der Waals surface area contributed by atoms with Crippen molar-refractivity contribution < 1.29 is 13.2 Å². The maximum absolute atomic E-state index is 12.5. The standard InChI is InChI=1S/C20H24N4O3S2/c1-14-19(29(26,27)23(3)4)15(2)24(22-14)13-16-7-9-17(10-8-16)20(25)21-12-18-6-5-11-28-18/h5-11H,12-13H2,1-4H3,(H,21,25). The Balaban J connectivity index is 1.72. The van der Waals surface area contributed by atoms with Crippen LogP contribution in [-0.2, 0) is 23.1 Å². The second-order valence-electron chi connectivity index (χ2n) is 6.90. The molecule has 0 aliphatic heterocycles. The van der Waals surface area contributed by atoms with Crippen LogP contribution in [0, 0.1) is 13.8 Å². The van der Waals surface area contributed by atoms with Crippen molar-refractivity contribution in [1.29, 1.82) is 0 Å². The Hall–Kier alpha value is -2.49. The first-order valence-electron chi connectivity index (χ1n) is 9.06. The fraction of sp³-hybridized carbons (Fsp3) is 0.300. The molecule has 0 unspecified atom stereocenters. The summed E-state index contributed by atoms with van der Waals surface area (Å²) < 4.78 is 27.9. The number of aromatic nitrogens is 2. The summed E-state index contributed by atoms with van der Waals surface area (Å²) in [5.74, 6) is -0.129. The summed E-state index contributed by atoms with van der Waals surface area (Å²) >= 11 is 1.60. The van der Waals surface area contributed by atoms with Crippen molar-refractivity contribution in [2.45, 2.75) is 31.8 Å². The molecule has 1 N–H and O–H groups in total. The van der Waals surface area contributed by atoms with E-state index in [1.165, 1.54) is 18.4 Å². The minimum Gasteiger partial charge on any atom is -0.347 e. The number of sulfonamides is 1. The maximum atomic E-state index is 12.5. The summed E-state index contributed by atoms with van der Waals surface area (Å²) in [4.78, 5) is 13.6. The molecule has 0 aliphatic carbocycles. The summed E-state index contributed by atoms with van der Waals surface area (Å²) in [6, 6.07) is 11.2. The predicted octanol–water partition coefficient (Wildman–Crippen LogP) is 2.79. The molecule has 0 saturated heterocycles. The quantitative estimate of drug-likeness (QED) is 0.622. The number of aryl methyl sites for hydroxylation is 1. The van der Waals surface area contributed by atoms with Gasteiger partial charge in [-0.05, 0) is 43.0 Å². The lowest BCUT2D eigenvalue weighted by atomic mass is 10.1. The molecule has 2 heterocycles. The number of rotatable bonds is 7. The Labute approximate surface area is 175 Å². The van der Waals surface area contributed by atoms with Gasteiger partial charge in [0.2, 0.25) is 10.0 Å². The van der Waals surface area contributed by atoms with Crippen LogP contribution < -0.4 is 5.32 Å². The van der Waals surface area contributed by atoms with Crippen LogP contribution in [0.5, 0.6) is 0 Å². The van der Waals surface area contributed by atoms with Gasteiger partial charge in [0.25, 0.3) is 5.91 Å². The monoisotopic (exact) mass is 432 g/mol. The molecule has 3 aromatic rings. The Kier molecular flexibility index (Phi) is 6.21. The van der Waals surface area contributed by atoms with E-state index in [9.17, 15) is 13.2 Å².